The fraction of sp³-hybridized carbons (Fsp3) is 0.417. The van der Waals surface area contributed by atoms with Gasteiger partial charge in [-0.25, -0.2) is 9.97 Å². The molecule has 0 radical (unpaired) electrons. The molecular formula is C24H29N3O4S2. The van der Waals surface area contributed by atoms with Crippen LogP contribution < -0.4 is 10.1 Å². The summed E-state index contributed by atoms with van der Waals surface area (Å²) < 4.78 is 12.1. The van der Waals surface area contributed by atoms with E-state index in [-0.39, 0.29) is 29.9 Å². The maximum absolute atomic E-state index is 12.3. The van der Waals surface area contributed by atoms with E-state index in [1.165, 1.54) is 11.3 Å². The maximum atomic E-state index is 12.3. The van der Waals surface area contributed by atoms with Gasteiger partial charge in [-0.2, -0.15) is 0 Å². The van der Waals surface area contributed by atoms with Crippen LogP contribution in [0.15, 0.2) is 45.3 Å². The van der Waals surface area contributed by atoms with Gasteiger partial charge in [-0.15, -0.1) is 11.8 Å². The van der Waals surface area contributed by atoms with Crippen LogP contribution >= 0.6 is 23.1 Å². The number of hydrogen-bond donors (Lipinski definition) is 1. The molecule has 1 amide bonds. The predicted molar refractivity (Wildman–Crippen MR) is 131 cm³/mol. The lowest BCUT2D eigenvalue weighted by Crippen LogP contribution is -2.13. The molecule has 9 heteroatoms. The van der Waals surface area contributed by atoms with Gasteiger partial charge in [0.1, 0.15) is 11.5 Å². The number of nitrogens with one attached hydrogen (secondary N) is 1. The van der Waals surface area contributed by atoms with Crippen molar-refractivity contribution in [1.82, 2.24) is 9.97 Å². The van der Waals surface area contributed by atoms with Crippen molar-refractivity contribution in [2.75, 3.05) is 11.9 Å². The molecule has 3 rings (SSSR count). The van der Waals surface area contributed by atoms with Crippen LogP contribution in [0.3, 0.4) is 0 Å². The van der Waals surface area contributed by atoms with Gasteiger partial charge in [0, 0.05) is 24.8 Å². The zero-order valence-electron chi connectivity index (χ0n) is 19.3. The zero-order chi connectivity index (χ0) is 23.8. The van der Waals surface area contributed by atoms with Crippen molar-refractivity contribution in [1.29, 1.82) is 0 Å². The second-order valence-corrected chi connectivity index (χ2v) is 11.0. The molecule has 0 aliphatic carbocycles. The zero-order valence-corrected chi connectivity index (χ0v) is 21.0. The number of aromatic nitrogens is 2. The first-order chi connectivity index (χ1) is 15.7. The minimum atomic E-state index is -0.236. The first-order valence-electron chi connectivity index (χ1n) is 10.8. The Morgan fingerprint density at radius 2 is 1.88 bits per heavy atom. The molecule has 0 spiro atoms. The van der Waals surface area contributed by atoms with E-state index in [1.54, 1.807) is 48.4 Å². The Kier molecular flexibility index (Phi) is 8.68. The lowest BCUT2D eigenvalue weighted by atomic mass is 9.91. The number of anilines is 1. The summed E-state index contributed by atoms with van der Waals surface area (Å²) in [7, 11) is 0. The molecule has 0 bridgehead atoms. The average Bonchev–Trinajstić information content (AvgIpc) is 3.39. The lowest BCUT2D eigenvalue weighted by molar-refractivity contribution is -0.116. The SMILES string of the molecule is CCOc1ccc(C(=O)CCC(=O)Nc2ncc(SCc3ncc(CC(C)(C)C)o3)s2)cc1. The molecule has 3 aromatic rings. The lowest BCUT2D eigenvalue weighted by Gasteiger charge is -2.15. The first-order valence-corrected chi connectivity index (χ1v) is 12.6. The summed E-state index contributed by atoms with van der Waals surface area (Å²) >= 11 is 2.94. The third-order valence-corrected chi connectivity index (χ3v) is 6.53. The van der Waals surface area contributed by atoms with Gasteiger partial charge in [0.2, 0.25) is 11.8 Å². The monoisotopic (exact) mass is 487 g/mol. The number of thioether (sulfide) groups is 1. The molecular weight excluding hydrogens is 458 g/mol. The van der Waals surface area contributed by atoms with Gasteiger partial charge < -0.3 is 14.5 Å². The topological polar surface area (TPSA) is 94.3 Å². The molecule has 33 heavy (non-hydrogen) atoms. The summed E-state index contributed by atoms with van der Waals surface area (Å²) in [5, 5.41) is 3.28. The molecule has 0 aliphatic heterocycles. The number of rotatable bonds is 11. The molecule has 0 saturated carbocycles. The van der Waals surface area contributed by atoms with Gasteiger partial charge in [0.15, 0.2) is 10.9 Å². The van der Waals surface area contributed by atoms with Crippen LogP contribution in [0.25, 0.3) is 0 Å². The van der Waals surface area contributed by atoms with Gasteiger partial charge in [-0.1, -0.05) is 32.1 Å². The maximum Gasteiger partial charge on any atom is 0.226 e. The van der Waals surface area contributed by atoms with Crippen molar-refractivity contribution in [2.24, 2.45) is 5.41 Å². The van der Waals surface area contributed by atoms with E-state index in [1.807, 2.05) is 6.92 Å². The molecule has 0 saturated heterocycles. The summed E-state index contributed by atoms with van der Waals surface area (Å²) in [6.07, 6.45) is 4.57. The van der Waals surface area contributed by atoms with Crippen LogP contribution in [0.1, 0.15) is 62.5 Å². The standard InChI is InChI=1S/C24H29N3O4S2/c1-5-30-17-8-6-16(7-9-17)19(28)10-11-20(29)27-23-26-14-22(33-23)32-15-21-25-13-18(31-21)12-24(2,3)4/h6-9,13-14H,5,10-12,15H2,1-4H3,(H,26,27,29). The quantitative estimate of drug-likeness (QED) is 0.261. The summed E-state index contributed by atoms with van der Waals surface area (Å²) in [6.45, 7) is 8.96. The highest BCUT2D eigenvalue weighted by Gasteiger charge is 2.16. The van der Waals surface area contributed by atoms with Crippen LogP contribution in [-0.2, 0) is 17.0 Å². The van der Waals surface area contributed by atoms with Gasteiger partial charge >= 0.3 is 0 Å². The number of ether oxygens (including phenoxy) is 1. The third kappa shape index (κ3) is 8.33. The number of oxazole rings is 1. The van der Waals surface area contributed by atoms with Crippen molar-refractivity contribution < 1.29 is 18.7 Å². The van der Waals surface area contributed by atoms with E-state index in [4.69, 9.17) is 9.15 Å². The predicted octanol–water partition coefficient (Wildman–Crippen LogP) is 6.01. The Morgan fingerprint density at radius 1 is 1.12 bits per heavy atom. The molecule has 0 fully saturated rings. The van der Waals surface area contributed by atoms with E-state index in [0.717, 1.165) is 22.1 Å². The number of ketones is 1. The normalized spacial score (nSPS) is 11.4. The Balaban J connectivity index is 1.42. The van der Waals surface area contributed by atoms with Gasteiger partial charge in [0.25, 0.3) is 0 Å². The summed E-state index contributed by atoms with van der Waals surface area (Å²) in [5.74, 6) is 2.55. The number of nitrogens with zero attached hydrogens (tertiary/aromatic N) is 2. The van der Waals surface area contributed by atoms with Gasteiger partial charge in [0.05, 0.1) is 29.0 Å². The van der Waals surface area contributed by atoms with Crippen LogP contribution in [-0.4, -0.2) is 28.3 Å². The van der Waals surface area contributed by atoms with Gasteiger partial charge in [-0.05, 0) is 36.6 Å². The molecule has 2 heterocycles. The molecule has 0 atom stereocenters. The van der Waals surface area contributed by atoms with E-state index in [0.29, 0.717) is 28.9 Å². The van der Waals surface area contributed by atoms with E-state index in [2.05, 4.69) is 36.1 Å². The second kappa shape index (κ2) is 11.5. The van der Waals surface area contributed by atoms with Crippen molar-refractivity contribution in [3.05, 3.63) is 53.9 Å². The molecule has 0 unspecified atom stereocenters. The highest BCUT2D eigenvalue weighted by atomic mass is 32.2. The Labute approximate surface area is 202 Å². The molecule has 2 aromatic heterocycles. The Morgan fingerprint density at radius 3 is 2.58 bits per heavy atom. The number of Topliss-reactive ketones (excluding diaryl/α,β-unsaturated/α-hetero) is 1. The number of amides is 1. The van der Waals surface area contributed by atoms with E-state index in [9.17, 15) is 9.59 Å². The Hall–Kier alpha value is -2.65. The Bertz CT molecular complexity index is 1070. The number of thiazole rings is 1. The van der Waals surface area contributed by atoms with Crippen LogP contribution in [0.4, 0.5) is 5.13 Å². The van der Waals surface area contributed by atoms with Crippen molar-refractivity contribution >= 4 is 39.9 Å². The molecule has 176 valence electrons. The van der Waals surface area contributed by atoms with Crippen LogP contribution in [0.5, 0.6) is 5.75 Å². The molecule has 1 N–H and O–H groups in total. The first kappa shape index (κ1) is 25.0. The summed E-state index contributed by atoms with van der Waals surface area (Å²) in [6, 6.07) is 6.95. The summed E-state index contributed by atoms with van der Waals surface area (Å²) in [4.78, 5) is 33.2. The van der Waals surface area contributed by atoms with Crippen LogP contribution in [0.2, 0.25) is 0 Å². The van der Waals surface area contributed by atoms with Crippen molar-refractivity contribution in [2.45, 2.75) is 56.9 Å². The highest BCUT2D eigenvalue weighted by Crippen LogP contribution is 2.31. The minimum absolute atomic E-state index is 0.0830. The number of benzene rings is 1. The van der Waals surface area contributed by atoms with Crippen LogP contribution in [0, 0.1) is 5.41 Å². The molecule has 0 aliphatic rings. The largest absolute Gasteiger partial charge is 0.494 e. The third-order valence-electron chi connectivity index (χ3n) is 4.44. The minimum Gasteiger partial charge on any atom is -0.494 e. The fourth-order valence-electron chi connectivity index (χ4n) is 2.99. The van der Waals surface area contributed by atoms with Crippen molar-refractivity contribution in [3.8, 4) is 5.75 Å². The number of hydrogen-bond acceptors (Lipinski definition) is 8. The second-order valence-electron chi connectivity index (χ2n) is 8.66. The van der Waals surface area contributed by atoms with Crippen molar-refractivity contribution in [3.63, 3.8) is 0 Å². The summed E-state index contributed by atoms with van der Waals surface area (Å²) in [5.41, 5.74) is 0.712. The average molecular weight is 488 g/mol. The van der Waals surface area contributed by atoms with E-state index < -0.39 is 0 Å². The highest BCUT2D eigenvalue weighted by molar-refractivity contribution is 8.00. The number of carbonyl (C=O) groups is 2. The van der Waals surface area contributed by atoms with E-state index >= 15 is 0 Å². The molecule has 1 aromatic carbocycles. The number of carbonyl (C=O) groups excluding carboxylic acids is 2. The molecule has 7 nitrogen and oxygen atoms in total. The van der Waals surface area contributed by atoms with Gasteiger partial charge in [-0.3, -0.25) is 9.59 Å². The smallest absolute Gasteiger partial charge is 0.226 e. The fourth-order valence-corrected chi connectivity index (χ4v) is 4.73.